The molecule has 0 aromatic heterocycles. The van der Waals surface area contributed by atoms with E-state index in [0.29, 0.717) is 5.91 Å². The lowest BCUT2D eigenvalue weighted by molar-refractivity contribution is -0.145. The normalized spacial score (nSPS) is 31.8. The van der Waals surface area contributed by atoms with E-state index in [2.05, 4.69) is 22.2 Å². The van der Waals surface area contributed by atoms with E-state index in [1.807, 2.05) is 0 Å². The molecule has 3 fully saturated rings. The number of carbonyl (C=O) groups is 1. The maximum absolute atomic E-state index is 12.9. The monoisotopic (exact) mass is 265 g/mol. The Morgan fingerprint density at radius 2 is 2.00 bits per heavy atom. The lowest BCUT2D eigenvalue weighted by Gasteiger charge is -2.50. The van der Waals surface area contributed by atoms with E-state index in [0.717, 1.165) is 39.1 Å². The lowest BCUT2D eigenvalue weighted by atomic mass is 9.78. The number of amides is 1. The Hall–Kier alpha value is -0.610. The molecule has 1 aliphatic carbocycles. The van der Waals surface area contributed by atoms with Gasteiger partial charge >= 0.3 is 0 Å². The van der Waals surface area contributed by atoms with Crippen molar-refractivity contribution in [1.29, 1.82) is 0 Å². The van der Waals surface area contributed by atoms with Crippen LogP contribution < -0.4 is 5.32 Å². The second-order valence-corrected chi connectivity index (χ2v) is 6.70. The van der Waals surface area contributed by atoms with Crippen LogP contribution in [0.2, 0.25) is 0 Å². The summed E-state index contributed by atoms with van der Waals surface area (Å²) in [7, 11) is 2.13. The molecule has 3 aliphatic rings. The standard InChI is InChI=1S/C15H27N3O/c1-17-9-5-13(11-17)14(19)18-10-8-16-12-15(18)6-3-2-4-7-15/h13,16H,2-12H2,1H3. The van der Waals surface area contributed by atoms with Crippen LogP contribution in [0.25, 0.3) is 0 Å². The zero-order chi connectivity index (χ0) is 13.3. The molecule has 1 amide bonds. The average molecular weight is 265 g/mol. The van der Waals surface area contributed by atoms with E-state index in [-0.39, 0.29) is 11.5 Å². The fraction of sp³-hybridized carbons (Fsp3) is 0.933. The fourth-order valence-corrected chi connectivity index (χ4v) is 4.20. The van der Waals surface area contributed by atoms with Crippen molar-refractivity contribution in [3.63, 3.8) is 0 Å². The average Bonchev–Trinajstić information content (AvgIpc) is 2.86. The second kappa shape index (κ2) is 5.41. The Bertz CT molecular complexity index is 330. The summed E-state index contributed by atoms with van der Waals surface area (Å²) in [5.74, 6) is 0.689. The molecule has 1 unspecified atom stereocenters. The summed E-state index contributed by atoms with van der Waals surface area (Å²) in [5.41, 5.74) is 0.148. The molecule has 0 aromatic rings. The van der Waals surface area contributed by atoms with Crippen molar-refractivity contribution in [1.82, 2.24) is 15.1 Å². The van der Waals surface area contributed by atoms with E-state index in [1.165, 1.54) is 32.1 Å². The SMILES string of the molecule is CN1CCC(C(=O)N2CCNCC23CCCCC3)C1. The number of nitrogens with one attached hydrogen (secondary N) is 1. The Morgan fingerprint density at radius 1 is 1.21 bits per heavy atom. The lowest BCUT2D eigenvalue weighted by Crippen LogP contribution is -2.64. The molecule has 0 bridgehead atoms. The minimum atomic E-state index is 0.148. The first-order valence-electron chi connectivity index (χ1n) is 7.92. The zero-order valence-electron chi connectivity index (χ0n) is 12.2. The number of hydrogen-bond donors (Lipinski definition) is 1. The number of piperazine rings is 1. The first kappa shape index (κ1) is 13.4. The molecular weight excluding hydrogens is 238 g/mol. The molecule has 19 heavy (non-hydrogen) atoms. The summed E-state index contributed by atoms with van der Waals surface area (Å²) in [4.78, 5) is 17.5. The predicted molar refractivity (Wildman–Crippen MR) is 76.0 cm³/mol. The molecule has 0 aromatic carbocycles. The molecule has 2 saturated heterocycles. The van der Waals surface area contributed by atoms with Crippen LogP contribution in [0.1, 0.15) is 38.5 Å². The molecule has 4 nitrogen and oxygen atoms in total. The van der Waals surface area contributed by atoms with Crippen LogP contribution in [0, 0.1) is 5.92 Å². The van der Waals surface area contributed by atoms with Gasteiger partial charge in [0, 0.05) is 26.2 Å². The van der Waals surface area contributed by atoms with Gasteiger partial charge in [-0.2, -0.15) is 0 Å². The van der Waals surface area contributed by atoms with Crippen molar-refractivity contribution in [2.75, 3.05) is 39.8 Å². The molecule has 1 spiro atoms. The van der Waals surface area contributed by atoms with Gasteiger partial charge in [-0.15, -0.1) is 0 Å². The summed E-state index contributed by atoms with van der Waals surface area (Å²) in [6.07, 6.45) is 7.37. The highest BCUT2D eigenvalue weighted by Gasteiger charge is 2.44. The highest BCUT2D eigenvalue weighted by molar-refractivity contribution is 5.80. The van der Waals surface area contributed by atoms with Crippen molar-refractivity contribution in [3.05, 3.63) is 0 Å². The van der Waals surface area contributed by atoms with Gasteiger partial charge in [-0.05, 0) is 32.9 Å². The largest absolute Gasteiger partial charge is 0.334 e. The molecule has 3 rings (SSSR count). The van der Waals surface area contributed by atoms with Crippen LogP contribution >= 0.6 is 0 Å². The maximum atomic E-state index is 12.9. The Kier molecular flexibility index (Phi) is 3.81. The summed E-state index contributed by atoms with van der Waals surface area (Å²) in [6, 6.07) is 0. The van der Waals surface area contributed by atoms with E-state index in [1.54, 1.807) is 0 Å². The van der Waals surface area contributed by atoms with Crippen molar-refractivity contribution in [3.8, 4) is 0 Å². The first-order valence-corrected chi connectivity index (χ1v) is 7.92. The zero-order valence-corrected chi connectivity index (χ0v) is 12.2. The van der Waals surface area contributed by atoms with Crippen molar-refractivity contribution in [2.45, 2.75) is 44.1 Å². The third kappa shape index (κ3) is 2.52. The highest BCUT2D eigenvalue weighted by atomic mass is 16.2. The predicted octanol–water partition coefficient (Wildman–Crippen LogP) is 1.07. The van der Waals surface area contributed by atoms with E-state index in [4.69, 9.17) is 0 Å². The van der Waals surface area contributed by atoms with E-state index >= 15 is 0 Å². The maximum Gasteiger partial charge on any atom is 0.227 e. The molecular formula is C15H27N3O. The summed E-state index contributed by atoms with van der Waals surface area (Å²) < 4.78 is 0. The third-order valence-electron chi connectivity index (χ3n) is 5.33. The van der Waals surface area contributed by atoms with Crippen LogP contribution in [0.5, 0.6) is 0 Å². The van der Waals surface area contributed by atoms with Crippen molar-refractivity contribution in [2.24, 2.45) is 5.92 Å². The molecule has 108 valence electrons. The Balaban J connectivity index is 1.74. The minimum Gasteiger partial charge on any atom is -0.334 e. The smallest absolute Gasteiger partial charge is 0.227 e. The van der Waals surface area contributed by atoms with Gasteiger partial charge in [-0.25, -0.2) is 0 Å². The van der Waals surface area contributed by atoms with Gasteiger partial charge in [0.25, 0.3) is 0 Å². The Labute approximate surface area is 116 Å². The van der Waals surface area contributed by atoms with Crippen LogP contribution in [0.3, 0.4) is 0 Å². The van der Waals surface area contributed by atoms with Gasteiger partial charge in [-0.3, -0.25) is 4.79 Å². The number of carbonyl (C=O) groups excluding carboxylic acids is 1. The van der Waals surface area contributed by atoms with Crippen molar-refractivity contribution < 1.29 is 4.79 Å². The molecule has 1 saturated carbocycles. The van der Waals surface area contributed by atoms with Gasteiger partial charge < -0.3 is 15.1 Å². The van der Waals surface area contributed by atoms with E-state index in [9.17, 15) is 4.79 Å². The quantitative estimate of drug-likeness (QED) is 0.770. The van der Waals surface area contributed by atoms with Crippen LogP contribution in [-0.4, -0.2) is 61.0 Å². The summed E-state index contributed by atoms with van der Waals surface area (Å²) in [5, 5.41) is 3.53. The first-order chi connectivity index (χ1) is 9.21. The van der Waals surface area contributed by atoms with E-state index < -0.39 is 0 Å². The van der Waals surface area contributed by atoms with Gasteiger partial charge in [0.05, 0.1) is 11.5 Å². The van der Waals surface area contributed by atoms with Gasteiger partial charge in [0.1, 0.15) is 0 Å². The molecule has 4 heteroatoms. The molecule has 1 atom stereocenters. The molecule has 0 radical (unpaired) electrons. The number of rotatable bonds is 1. The van der Waals surface area contributed by atoms with Gasteiger partial charge in [-0.1, -0.05) is 19.3 Å². The Morgan fingerprint density at radius 3 is 2.68 bits per heavy atom. The highest BCUT2D eigenvalue weighted by Crippen LogP contribution is 2.36. The molecule has 2 aliphatic heterocycles. The summed E-state index contributed by atoms with van der Waals surface area (Å²) in [6.45, 7) is 4.94. The van der Waals surface area contributed by atoms with Gasteiger partial charge in [0.2, 0.25) is 5.91 Å². The summed E-state index contributed by atoms with van der Waals surface area (Å²) >= 11 is 0. The van der Waals surface area contributed by atoms with Crippen LogP contribution in [0.15, 0.2) is 0 Å². The number of nitrogens with zero attached hydrogens (tertiary/aromatic N) is 2. The van der Waals surface area contributed by atoms with Crippen molar-refractivity contribution >= 4 is 5.91 Å². The number of likely N-dealkylation sites (tertiary alicyclic amines) is 1. The third-order valence-corrected chi connectivity index (χ3v) is 5.33. The second-order valence-electron chi connectivity index (χ2n) is 6.70. The molecule has 1 N–H and O–H groups in total. The minimum absolute atomic E-state index is 0.148. The topological polar surface area (TPSA) is 35.6 Å². The molecule has 2 heterocycles. The van der Waals surface area contributed by atoms with Gasteiger partial charge in [0.15, 0.2) is 0 Å². The fourth-order valence-electron chi connectivity index (χ4n) is 4.20. The van der Waals surface area contributed by atoms with Crippen LogP contribution in [-0.2, 0) is 4.79 Å². The van der Waals surface area contributed by atoms with Crippen LogP contribution in [0.4, 0.5) is 0 Å². The number of hydrogen-bond acceptors (Lipinski definition) is 3.